The summed E-state index contributed by atoms with van der Waals surface area (Å²) in [6, 6.07) is 0. The van der Waals surface area contributed by atoms with Crippen molar-refractivity contribution in [1.29, 1.82) is 0 Å². The molecule has 2 aromatic heterocycles. The summed E-state index contributed by atoms with van der Waals surface area (Å²) >= 11 is 0. The van der Waals surface area contributed by atoms with Crippen molar-refractivity contribution in [3.05, 3.63) is 28.7 Å². The Kier molecular flexibility index (Phi) is 4.31. The molecule has 7 heteroatoms. The van der Waals surface area contributed by atoms with Crippen molar-refractivity contribution in [2.45, 2.75) is 64.2 Å². The lowest BCUT2D eigenvalue weighted by molar-refractivity contribution is 0.0697. The maximum atomic E-state index is 12.9. The average Bonchev–Trinajstić information content (AvgIpc) is 3.29. The summed E-state index contributed by atoms with van der Waals surface area (Å²) in [5, 5.41) is 11.4. The Bertz CT molecular complexity index is 755. The second-order valence-corrected chi connectivity index (χ2v) is 7.45. The number of carbonyl (C=O) groups is 1. The molecule has 4 rings (SSSR count). The predicted octanol–water partition coefficient (Wildman–Crippen LogP) is 2.81. The second kappa shape index (κ2) is 6.61. The quantitative estimate of drug-likeness (QED) is 0.926. The van der Waals surface area contributed by atoms with Crippen molar-refractivity contribution in [3.63, 3.8) is 0 Å². The molecule has 0 unspecified atom stereocenters. The van der Waals surface area contributed by atoms with Gasteiger partial charge < -0.3 is 9.42 Å². The summed E-state index contributed by atoms with van der Waals surface area (Å²) in [6.45, 7) is 5.54. The number of nitrogens with zero attached hydrogens (tertiary/aromatic N) is 4. The Hall–Kier alpha value is -2.18. The van der Waals surface area contributed by atoms with Crippen LogP contribution in [0.15, 0.2) is 4.52 Å². The molecule has 134 valence electrons. The molecule has 25 heavy (non-hydrogen) atoms. The minimum absolute atomic E-state index is 0.0613. The molecule has 1 N–H and O–H groups in total. The van der Waals surface area contributed by atoms with Crippen LogP contribution < -0.4 is 0 Å². The molecule has 0 radical (unpaired) electrons. The smallest absolute Gasteiger partial charge is 0.274 e. The lowest BCUT2D eigenvalue weighted by Crippen LogP contribution is -2.38. The molecule has 1 saturated heterocycles. The second-order valence-electron chi connectivity index (χ2n) is 7.45. The SMILES string of the molecule is CC(C)c1noc(C2CCN(C(=O)c3n[nH]c4c3CCCC4)CC2)n1. The van der Waals surface area contributed by atoms with E-state index in [-0.39, 0.29) is 17.7 Å². The minimum Gasteiger partial charge on any atom is -0.339 e. The summed E-state index contributed by atoms with van der Waals surface area (Å²) in [4.78, 5) is 19.3. The Labute approximate surface area is 147 Å². The summed E-state index contributed by atoms with van der Waals surface area (Å²) in [6.07, 6.45) is 6.01. The predicted molar refractivity (Wildman–Crippen MR) is 91.5 cm³/mol. The fourth-order valence-corrected chi connectivity index (χ4v) is 3.78. The van der Waals surface area contributed by atoms with Crippen LogP contribution >= 0.6 is 0 Å². The number of amides is 1. The van der Waals surface area contributed by atoms with Crippen LogP contribution in [0.1, 0.15) is 84.8 Å². The number of hydrogen-bond acceptors (Lipinski definition) is 5. The van der Waals surface area contributed by atoms with E-state index in [2.05, 4.69) is 34.2 Å². The third kappa shape index (κ3) is 3.07. The van der Waals surface area contributed by atoms with E-state index in [1.165, 1.54) is 6.42 Å². The number of carbonyl (C=O) groups excluding carboxylic acids is 1. The van der Waals surface area contributed by atoms with E-state index in [0.717, 1.165) is 49.2 Å². The van der Waals surface area contributed by atoms with E-state index in [1.54, 1.807) is 0 Å². The van der Waals surface area contributed by atoms with Gasteiger partial charge in [0.2, 0.25) is 5.89 Å². The van der Waals surface area contributed by atoms with Gasteiger partial charge in [0.1, 0.15) is 0 Å². The monoisotopic (exact) mass is 343 g/mol. The van der Waals surface area contributed by atoms with Gasteiger partial charge in [0, 0.05) is 36.2 Å². The first-order chi connectivity index (χ1) is 12.1. The normalized spacial score (nSPS) is 18.6. The molecule has 0 bridgehead atoms. The molecule has 0 spiro atoms. The fourth-order valence-electron chi connectivity index (χ4n) is 3.78. The topological polar surface area (TPSA) is 87.9 Å². The highest BCUT2D eigenvalue weighted by Crippen LogP contribution is 2.29. The minimum atomic E-state index is 0.0613. The van der Waals surface area contributed by atoms with Crippen LogP contribution in [0.4, 0.5) is 0 Å². The lowest BCUT2D eigenvalue weighted by Gasteiger charge is -2.30. The third-order valence-corrected chi connectivity index (χ3v) is 5.36. The molecular weight excluding hydrogens is 318 g/mol. The van der Waals surface area contributed by atoms with Gasteiger partial charge in [-0.2, -0.15) is 10.1 Å². The Morgan fingerprint density at radius 3 is 2.72 bits per heavy atom. The van der Waals surface area contributed by atoms with Gasteiger partial charge in [0.15, 0.2) is 11.5 Å². The molecule has 1 amide bonds. The van der Waals surface area contributed by atoms with Crippen LogP contribution in [0.3, 0.4) is 0 Å². The van der Waals surface area contributed by atoms with E-state index in [1.807, 2.05) is 4.90 Å². The van der Waals surface area contributed by atoms with Crippen molar-refractivity contribution in [3.8, 4) is 0 Å². The third-order valence-electron chi connectivity index (χ3n) is 5.36. The van der Waals surface area contributed by atoms with Gasteiger partial charge in [-0.3, -0.25) is 9.89 Å². The molecule has 2 aromatic rings. The molecule has 0 atom stereocenters. The van der Waals surface area contributed by atoms with Crippen molar-refractivity contribution >= 4 is 5.91 Å². The number of hydrogen-bond donors (Lipinski definition) is 1. The fraction of sp³-hybridized carbons (Fsp3) is 0.667. The number of fused-ring (bicyclic) bond motifs is 1. The zero-order valence-corrected chi connectivity index (χ0v) is 14.9. The Balaban J connectivity index is 1.41. The Morgan fingerprint density at radius 1 is 1.24 bits per heavy atom. The summed E-state index contributed by atoms with van der Waals surface area (Å²) in [5.74, 6) is 2.05. The zero-order chi connectivity index (χ0) is 17.4. The largest absolute Gasteiger partial charge is 0.339 e. The molecular formula is C18H25N5O2. The highest BCUT2D eigenvalue weighted by atomic mass is 16.5. The molecule has 0 aromatic carbocycles. The lowest BCUT2D eigenvalue weighted by atomic mass is 9.94. The van der Waals surface area contributed by atoms with Crippen molar-refractivity contribution < 1.29 is 9.32 Å². The van der Waals surface area contributed by atoms with Gasteiger partial charge in [0.05, 0.1) is 0 Å². The highest BCUT2D eigenvalue weighted by molar-refractivity contribution is 5.94. The van der Waals surface area contributed by atoms with Gasteiger partial charge in [-0.05, 0) is 38.5 Å². The van der Waals surface area contributed by atoms with Gasteiger partial charge in [-0.15, -0.1) is 0 Å². The van der Waals surface area contributed by atoms with E-state index in [9.17, 15) is 4.79 Å². The summed E-state index contributed by atoms with van der Waals surface area (Å²) in [5.41, 5.74) is 2.92. The van der Waals surface area contributed by atoms with E-state index in [0.29, 0.717) is 24.7 Å². The summed E-state index contributed by atoms with van der Waals surface area (Å²) in [7, 11) is 0. The van der Waals surface area contributed by atoms with Crippen LogP contribution in [0.5, 0.6) is 0 Å². The Morgan fingerprint density at radius 2 is 2.00 bits per heavy atom. The van der Waals surface area contributed by atoms with Crippen LogP contribution in [-0.4, -0.2) is 44.2 Å². The number of likely N-dealkylation sites (tertiary alicyclic amines) is 1. The first kappa shape index (κ1) is 16.3. The molecule has 1 aliphatic heterocycles. The number of aryl methyl sites for hydroxylation is 1. The number of rotatable bonds is 3. The van der Waals surface area contributed by atoms with Gasteiger partial charge >= 0.3 is 0 Å². The zero-order valence-electron chi connectivity index (χ0n) is 14.9. The van der Waals surface area contributed by atoms with Crippen LogP contribution in [0, 0.1) is 0 Å². The summed E-state index contributed by atoms with van der Waals surface area (Å²) < 4.78 is 5.43. The first-order valence-corrected chi connectivity index (χ1v) is 9.32. The standard InChI is InChI=1S/C18H25N5O2/c1-11(2)16-19-17(25-22-16)12-7-9-23(10-8-12)18(24)15-13-5-3-4-6-14(13)20-21-15/h11-12H,3-10H2,1-2H3,(H,20,21). The number of H-pyrrole nitrogens is 1. The highest BCUT2D eigenvalue weighted by Gasteiger charge is 2.31. The van der Waals surface area contributed by atoms with Crippen LogP contribution in [0.25, 0.3) is 0 Å². The number of aromatic amines is 1. The number of nitrogens with one attached hydrogen (secondary N) is 1. The van der Waals surface area contributed by atoms with E-state index >= 15 is 0 Å². The van der Waals surface area contributed by atoms with E-state index in [4.69, 9.17) is 4.52 Å². The maximum Gasteiger partial charge on any atom is 0.274 e. The van der Waals surface area contributed by atoms with Crippen molar-refractivity contribution in [2.75, 3.05) is 13.1 Å². The van der Waals surface area contributed by atoms with Crippen molar-refractivity contribution in [1.82, 2.24) is 25.2 Å². The molecule has 7 nitrogen and oxygen atoms in total. The first-order valence-electron chi connectivity index (χ1n) is 9.32. The van der Waals surface area contributed by atoms with Crippen LogP contribution in [0.2, 0.25) is 0 Å². The molecule has 3 heterocycles. The van der Waals surface area contributed by atoms with E-state index < -0.39 is 0 Å². The van der Waals surface area contributed by atoms with Gasteiger partial charge in [0.25, 0.3) is 5.91 Å². The molecule has 0 saturated carbocycles. The number of piperidine rings is 1. The van der Waals surface area contributed by atoms with Crippen LogP contribution in [-0.2, 0) is 12.8 Å². The molecule has 1 aliphatic carbocycles. The van der Waals surface area contributed by atoms with Gasteiger partial charge in [-0.25, -0.2) is 0 Å². The average molecular weight is 343 g/mol. The number of aromatic nitrogens is 4. The maximum absolute atomic E-state index is 12.9. The molecule has 1 fully saturated rings. The van der Waals surface area contributed by atoms with Gasteiger partial charge in [-0.1, -0.05) is 19.0 Å². The van der Waals surface area contributed by atoms with Crippen molar-refractivity contribution in [2.24, 2.45) is 0 Å². The molecule has 2 aliphatic rings.